The van der Waals surface area contributed by atoms with E-state index in [0.717, 1.165) is 32.6 Å². The Kier molecular flexibility index (Phi) is 5.01. The van der Waals surface area contributed by atoms with Gasteiger partial charge in [0.2, 0.25) is 5.91 Å². The largest absolute Gasteiger partial charge is 0.354 e. The summed E-state index contributed by atoms with van der Waals surface area (Å²) < 4.78 is 0. The Bertz CT molecular complexity index is 266. The zero-order valence-corrected chi connectivity index (χ0v) is 11.6. The average Bonchev–Trinajstić information content (AvgIpc) is 2.65. The number of hydrogen-bond donors (Lipinski definition) is 2. The Balaban J connectivity index is 1.66. The van der Waals surface area contributed by atoms with E-state index in [1.54, 1.807) is 0 Å². The summed E-state index contributed by atoms with van der Waals surface area (Å²) >= 11 is 0. The van der Waals surface area contributed by atoms with Crippen LogP contribution in [-0.4, -0.2) is 50.1 Å². The minimum Gasteiger partial charge on any atom is -0.354 e. The number of likely N-dealkylation sites (tertiary alicyclic amines) is 1. The molecule has 104 valence electrons. The molecule has 1 unspecified atom stereocenters. The second kappa shape index (κ2) is 6.53. The molecule has 0 bridgehead atoms. The van der Waals surface area contributed by atoms with E-state index in [0.29, 0.717) is 0 Å². The fourth-order valence-corrected chi connectivity index (χ4v) is 2.91. The predicted molar refractivity (Wildman–Crippen MR) is 73.5 cm³/mol. The van der Waals surface area contributed by atoms with E-state index in [1.807, 2.05) is 0 Å². The van der Waals surface area contributed by atoms with E-state index in [4.69, 9.17) is 0 Å². The summed E-state index contributed by atoms with van der Waals surface area (Å²) in [5, 5.41) is 6.38. The molecule has 0 aromatic carbocycles. The van der Waals surface area contributed by atoms with Gasteiger partial charge in [-0.2, -0.15) is 0 Å². The number of carbonyl (C=O) groups excluding carboxylic acids is 1. The molecule has 2 heterocycles. The normalized spacial score (nSPS) is 30.1. The lowest BCUT2D eigenvalue weighted by atomic mass is 9.89. The molecule has 2 fully saturated rings. The molecule has 2 aliphatic rings. The lowest BCUT2D eigenvalue weighted by molar-refractivity contribution is -0.129. The van der Waals surface area contributed by atoms with Crippen LogP contribution in [0.15, 0.2) is 0 Å². The van der Waals surface area contributed by atoms with Crippen LogP contribution in [0.1, 0.15) is 39.0 Å². The molecule has 4 nitrogen and oxygen atoms in total. The van der Waals surface area contributed by atoms with Crippen molar-refractivity contribution in [3.05, 3.63) is 0 Å². The van der Waals surface area contributed by atoms with Gasteiger partial charge in [-0.25, -0.2) is 0 Å². The van der Waals surface area contributed by atoms with Gasteiger partial charge in [-0.15, -0.1) is 0 Å². The van der Waals surface area contributed by atoms with Gasteiger partial charge in [0.05, 0.1) is 5.41 Å². The van der Waals surface area contributed by atoms with Crippen LogP contribution in [0, 0.1) is 5.41 Å². The lowest BCUT2D eigenvalue weighted by Crippen LogP contribution is -2.43. The molecule has 0 spiro atoms. The second-order valence-electron chi connectivity index (χ2n) is 6.00. The molecule has 0 radical (unpaired) electrons. The van der Waals surface area contributed by atoms with Gasteiger partial charge in [-0.1, -0.05) is 12.8 Å². The third kappa shape index (κ3) is 3.69. The summed E-state index contributed by atoms with van der Waals surface area (Å²) in [7, 11) is 0. The fourth-order valence-electron chi connectivity index (χ4n) is 2.91. The Morgan fingerprint density at radius 2 is 2.00 bits per heavy atom. The van der Waals surface area contributed by atoms with E-state index in [1.165, 1.54) is 38.8 Å². The standard InChI is InChI=1S/C14H27N3O/c1-14(6-7-15-12-14)13(18)16-8-11-17-9-4-2-3-5-10-17/h15H,2-12H2,1H3,(H,16,18). The van der Waals surface area contributed by atoms with Crippen molar-refractivity contribution in [2.24, 2.45) is 5.41 Å². The van der Waals surface area contributed by atoms with Crippen molar-refractivity contribution >= 4 is 5.91 Å². The fraction of sp³-hybridized carbons (Fsp3) is 0.929. The smallest absolute Gasteiger partial charge is 0.227 e. The first-order chi connectivity index (χ1) is 8.71. The van der Waals surface area contributed by atoms with Gasteiger partial charge in [0.1, 0.15) is 0 Å². The lowest BCUT2D eigenvalue weighted by Gasteiger charge is -2.24. The molecule has 1 amide bonds. The highest BCUT2D eigenvalue weighted by Gasteiger charge is 2.35. The van der Waals surface area contributed by atoms with E-state index in [2.05, 4.69) is 22.5 Å². The number of carbonyl (C=O) groups is 1. The van der Waals surface area contributed by atoms with Crippen molar-refractivity contribution in [1.29, 1.82) is 0 Å². The first-order valence-electron chi connectivity index (χ1n) is 7.42. The van der Waals surface area contributed by atoms with Gasteiger partial charge >= 0.3 is 0 Å². The number of nitrogens with one attached hydrogen (secondary N) is 2. The summed E-state index contributed by atoms with van der Waals surface area (Å²) in [5.74, 6) is 0.224. The number of rotatable bonds is 4. The van der Waals surface area contributed by atoms with Crippen molar-refractivity contribution in [2.75, 3.05) is 39.3 Å². The molecule has 0 saturated carbocycles. The minimum absolute atomic E-state index is 0.182. The van der Waals surface area contributed by atoms with E-state index in [9.17, 15) is 4.79 Å². The first-order valence-corrected chi connectivity index (χ1v) is 7.42. The van der Waals surface area contributed by atoms with Gasteiger partial charge in [0.25, 0.3) is 0 Å². The van der Waals surface area contributed by atoms with E-state index >= 15 is 0 Å². The minimum atomic E-state index is -0.182. The topological polar surface area (TPSA) is 44.4 Å². The van der Waals surface area contributed by atoms with Crippen LogP contribution in [0.25, 0.3) is 0 Å². The van der Waals surface area contributed by atoms with Crippen molar-refractivity contribution in [2.45, 2.75) is 39.0 Å². The first kappa shape index (κ1) is 13.8. The highest BCUT2D eigenvalue weighted by Crippen LogP contribution is 2.24. The molecule has 4 heteroatoms. The van der Waals surface area contributed by atoms with Crippen LogP contribution in [-0.2, 0) is 4.79 Å². The molecule has 0 aromatic rings. The maximum Gasteiger partial charge on any atom is 0.227 e. The SMILES string of the molecule is CC1(C(=O)NCCN2CCCCCC2)CCNC1. The highest BCUT2D eigenvalue weighted by molar-refractivity contribution is 5.82. The van der Waals surface area contributed by atoms with Crippen LogP contribution < -0.4 is 10.6 Å². The van der Waals surface area contributed by atoms with Gasteiger partial charge < -0.3 is 15.5 Å². The summed E-state index contributed by atoms with van der Waals surface area (Å²) in [5.41, 5.74) is -0.182. The predicted octanol–water partition coefficient (Wildman–Crippen LogP) is 0.978. The third-order valence-corrected chi connectivity index (χ3v) is 4.33. The van der Waals surface area contributed by atoms with Crippen molar-refractivity contribution in [3.63, 3.8) is 0 Å². The molecular weight excluding hydrogens is 226 g/mol. The van der Waals surface area contributed by atoms with Crippen LogP contribution in [0.2, 0.25) is 0 Å². The van der Waals surface area contributed by atoms with Gasteiger partial charge in [0.15, 0.2) is 0 Å². The zero-order valence-electron chi connectivity index (χ0n) is 11.6. The summed E-state index contributed by atoms with van der Waals surface area (Å²) in [6.45, 7) is 8.07. The molecule has 2 rings (SSSR count). The van der Waals surface area contributed by atoms with Crippen LogP contribution in [0.4, 0.5) is 0 Å². The number of amides is 1. The molecular formula is C14H27N3O. The van der Waals surface area contributed by atoms with Crippen molar-refractivity contribution in [3.8, 4) is 0 Å². The second-order valence-corrected chi connectivity index (χ2v) is 6.00. The molecule has 2 aliphatic heterocycles. The van der Waals surface area contributed by atoms with Crippen LogP contribution in [0.3, 0.4) is 0 Å². The molecule has 2 saturated heterocycles. The Hall–Kier alpha value is -0.610. The molecule has 18 heavy (non-hydrogen) atoms. The van der Waals surface area contributed by atoms with Gasteiger partial charge in [0, 0.05) is 19.6 Å². The molecule has 1 atom stereocenters. The van der Waals surface area contributed by atoms with E-state index in [-0.39, 0.29) is 11.3 Å². The van der Waals surface area contributed by atoms with Crippen LogP contribution in [0.5, 0.6) is 0 Å². The summed E-state index contributed by atoms with van der Waals surface area (Å²) in [6, 6.07) is 0. The summed E-state index contributed by atoms with van der Waals surface area (Å²) in [4.78, 5) is 14.6. The molecule has 0 aromatic heterocycles. The monoisotopic (exact) mass is 253 g/mol. The highest BCUT2D eigenvalue weighted by atomic mass is 16.2. The number of hydrogen-bond acceptors (Lipinski definition) is 3. The van der Waals surface area contributed by atoms with Crippen LogP contribution >= 0.6 is 0 Å². The Morgan fingerprint density at radius 3 is 2.61 bits per heavy atom. The maximum absolute atomic E-state index is 12.1. The Labute approximate surface area is 110 Å². The number of nitrogens with zero attached hydrogens (tertiary/aromatic N) is 1. The third-order valence-electron chi connectivity index (χ3n) is 4.33. The zero-order chi connectivity index (χ0) is 12.8. The van der Waals surface area contributed by atoms with E-state index < -0.39 is 0 Å². The maximum atomic E-state index is 12.1. The quantitative estimate of drug-likeness (QED) is 0.785. The molecule has 0 aliphatic carbocycles. The Morgan fingerprint density at radius 1 is 1.28 bits per heavy atom. The van der Waals surface area contributed by atoms with Crippen molar-refractivity contribution in [1.82, 2.24) is 15.5 Å². The average molecular weight is 253 g/mol. The van der Waals surface area contributed by atoms with Gasteiger partial charge in [-0.3, -0.25) is 4.79 Å². The summed E-state index contributed by atoms with van der Waals surface area (Å²) in [6.07, 6.45) is 6.33. The van der Waals surface area contributed by atoms with Gasteiger partial charge in [-0.05, 0) is 45.8 Å². The van der Waals surface area contributed by atoms with Crippen molar-refractivity contribution < 1.29 is 4.79 Å². The molecule has 2 N–H and O–H groups in total.